The van der Waals surface area contributed by atoms with Crippen LogP contribution in [0.1, 0.15) is 29.4 Å². The van der Waals surface area contributed by atoms with Gasteiger partial charge in [0.25, 0.3) is 5.91 Å². The van der Waals surface area contributed by atoms with Crippen LogP contribution in [0.25, 0.3) is 16.7 Å². The van der Waals surface area contributed by atoms with Gasteiger partial charge in [-0.15, -0.1) is 17.4 Å². The van der Waals surface area contributed by atoms with Crippen LogP contribution in [0.3, 0.4) is 0 Å². The summed E-state index contributed by atoms with van der Waals surface area (Å²) >= 11 is 0. The van der Waals surface area contributed by atoms with Gasteiger partial charge in [-0.1, -0.05) is 49.4 Å². The molecule has 0 saturated carbocycles. The molecule has 1 atom stereocenters. The lowest BCUT2D eigenvalue weighted by Gasteiger charge is -2.27. The third-order valence-electron chi connectivity index (χ3n) is 5.10. The maximum Gasteiger partial charge on any atom is 0.257 e. The number of fused-ring (bicyclic) bond motifs is 4. The normalized spacial score (nSPS) is 18.6. The van der Waals surface area contributed by atoms with Crippen LogP contribution in [0.2, 0.25) is 0 Å². The van der Waals surface area contributed by atoms with Gasteiger partial charge in [0.1, 0.15) is 5.69 Å². The summed E-state index contributed by atoms with van der Waals surface area (Å²) in [5.41, 5.74) is 8.49. The third kappa shape index (κ3) is 3.16. The molecule has 3 aliphatic rings. The van der Waals surface area contributed by atoms with Crippen LogP contribution in [0.15, 0.2) is 72.6 Å². The molecule has 1 aromatic heterocycles. The highest BCUT2D eigenvalue weighted by atomic mass is 16.2. The van der Waals surface area contributed by atoms with Gasteiger partial charge in [0, 0.05) is 30.1 Å². The summed E-state index contributed by atoms with van der Waals surface area (Å²) < 4.78 is 0. The lowest BCUT2D eigenvalue weighted by Crippen LogP contribution is -2.34. The zero-order chi connectivity index (χ0) is 18.8. The molecule has 0 radical (unpaired) electrons. The number of hydrogen-bond donors (Lipinski definition) is 0. The van der Waals surface area contributed by atoms with E-state index >= 15 is 0 Å². The minimum absolute atomic E-state index is 0.0336. The second-order valence-corrected chi connectivity index (χ2v) is 6.86. The molecule has 3 heterocycles. The van der Waals surface area contributed by atoms with Crippen molar-refractivity contribution in [1.29, 1.82) is 0 Å². The maximum atomic E-state index is 13.5. The number of nitrogens with zero attached hydrogens (tertiary/aromatic N) is 3. The Labute approximate surface area is 159 Å². The molecule has 2 aliphatic heterocycles. The zero-order valence-electron chi connectivity index (χ0n) is 15.4. The first-order valence-electron chi connectivity index (χ1n) is 9.18. The molecule has 134 valence electrons. The summed E-state index contributed by atoms with van der Waals surface area (Å²) in [6.07, 6.45) is 8.35. The van der Waals surface area contributed by atoms with Gasteiger partial charge in [-0.3, -0.25) is 4.79 Å². The molecule has 2 bridgehead atoms. The molecule has 0 fully saturated rings. The number of carbonyl (C=O) groups excluding carboxylic acids is 1. The molecule has 4 heteroatoms. The maximum absolute atomic E-state index is 13.5. The lowest BCUT2D eigenvalue weighted by atomic mass is 9.87. The van der Waals surface area contributed by atoms with Crippen LogP contribution in [-0.2, 0) is 0 Å². The van der Waals surface area contributed by atoms with Gasteiger partial charge in [0.2, 0.25) is 0 Å². The summed E-state index contributed by atoms with van der Waals surface area (Å²) in [6, 6.07) is 9.87. The van der Waals surface area contributed by atoms with Crippen molar-refractivity contribution in [2.24, 2.45) is 5.92 Å². The van der Waals surface area contributed by atoms with E-state index in [9.17, 15) is 4.79 Å². The van der Waals surface area contributed by atoms with Crippen molar-refractivity contribution in [2.45, 2.75) is 13.3 Å². The van der Waals surface area contributed by atoms with Gasteiger partial charge >= 0.3 is 0 Å². The fourth-order valence-corrected chi connectivity index (χ4v) is 3.65. The van der Waals surface area contributed by atoms with E-state index in [1.807, 2.05) is 41.3 Å². The second kappa shape index (κ2) is 7.18. The number of carbonyl (C=O) groups is 1. The van der Waals surface area contributed by atoms with Gasteiger partial charge < -0.3 is 4.90 Å². The van der Waals surface area contributed by atoms with Gasteiger partial charge in [-0.2, -0.15) is 5.10 Å². The summed E-state index contributed by atoms with van der Waals surface area (Å²) in [7, 11) is 0. The number of amides is 1. The van der Waals surface area contributed by atoms with Crippen LogP contribution >= 0.6 is 0 Å². The van der Waals surface area contributed by atoms with Crippen LogP contribution in [0, 0.1) is 5.92 Å². The largest absolute Gasteiger partial charge is 0.335 e. The quantitative estimate of drug-likeness (QED) is 0.609. The highest BCUT2D eigenvalue weighted by molar-refractivity contribution is 6.05. The van der Waals surface area contributed by atoms with E-state index in [4.69, 9.17) is 0 Å². The molecule has 27 heavy (non-hydrogen) atoms. The summed E-state index contributed by atoms with van der Waals surface area (Å²) in [5, 5.41) is 8.57. The first-order chi connectivity index (χ1) is 13.2. The molecular formula is C23H21N3O. The predicted molar refractivity (Wildman–Crippen MR) is 107 cm³/mol. The van der Waals surface area contributed by atoms with Crippen molar-refractivity contribution in [3.63, 3.8) is 0 Å². The number of rotatable bonds is 3. The number of allylic oxidation sites excluding steroid dienone is 2. The Balaban J connectivity index is 1.99. The molecule has 0 spiro atoms. The van der Waals surface area contributed by atoms with E-state index in [-0.39, 0.29) is 11.8 Å². The van der Waals surface area contributed by atoms with Crippen LogP contribution in [-0.4, -0.2) is 34.1 Å². The van der Waals surface area contributed by atoms with Crippen LogP contribution in [0.4, 0.5) is 0 Å². The fraction of sp³-hybridized carbons (Fsp3) is 0.217. The summed E-state index contributed by atoms with van der Waals surface area (Å²) in [6.45, 7) is 7.11. The van der Waals surface area contributed by atoms with Gasteiger partial charge in [-0.25, -0.2) is 0 Å². The highest BCUT2D eigenvalue weighted by Gasteiger charge is 2.28. The first-order valence-corrected chi connectivity index (χ1v) is 9.18. The summed E-state index contributed by atoms with van der Waals surface area (Å²) in [5.74, 6) is 0.229. The Hall–Kier alpha value is -3.23. The predicted octanol–water partition coefficient (Wildman–Crippen LogP) is 4.29. The Morgan fingerprint density at radius 2 is 2.15 bits per heavy atom. The standard InChI is InChI=1S/C23H21N3O/c1-3-12-26-13-11-17-9-10-19(14-16(17)2)22-21(23(26)27)20(15-24-25-22)18-7-5-4-6-8-18/h3-8,10,14-16H,1,11-13H2,2H3. The molecule has 1 aliphatic carbocycles. The van der Waals surface area contributed by atoms with Crippen molar-refractivity contribution < 1.29 is 4.79 Å². The van der Waals surface area contributed by atoms with Crippen molar-refractivity contribution >= 4 is 11.5 Å². The van der Waals surface area contributed by atoms with Crippen LogP contribution in [0.5, 0.6) is 0 Å². The fourth-order valence-electron chi connectivity index (χ4n) is 3.65. The van der Waals surface area contributed by atoms with Gasteiger partial charge in [-0.05, 0) is 23.6 Å². The average Bonchev–Trinajstić information content (AvgIpc) is 2.71. The smallest absolute Gasteiger partial charge is 0.257 e. The minimum atomic E-state index is -0.0336. The molecule has 5 rings (SSSR count). The lowest BCUT2D eigenvalue weighted by molar-refractivity contribution is 0.0774. The highest BCUT2D eigenvalue weighted by Crippen LogP contribution is 2.34. The molecule has 2 aromatic rings. The van der Waals surface area contributed by atoms with E-state index in [1.165, 1.54) is 5.57 Å². The molecule has 4 nitrogen and oxygen atoms in total. The number of benzene rings is 1. The zero-order valence-corrected chi connectivity index (χ0v) is 15.4. The molecule has 0 N–H and O–H groups in total. The third-order valence-corrected chi connectivity index (χ3v) is 5.10. The van der Waals surface area contributed by atoms with E-state index < -0.39 is 0 Å². The Morgan fingerprint density at radius 3 is 2.89 bits per heavy atom. The first kappa shape index (κ1) is 17.2. The summed E-state index contributed by atoms with van der Waals surface area (Å²) in [4.78, 5) is 15.4. The monoisotopic (exact) mass is 355 g/mol. The van der Waals surface area contributed by atoms with Crippen molar-refractivity contribution in [3.8, 4) is 11.1 Å². The van der Waals surface area contributed by atoms with E-state index in [0.29, 0.717) is 24.3 Å². The van der Waals surface area contributed by atoms with Crippen molar-refractivity contribution in [2.75, 3.05) is 13.1 Å². The SMILES string of the molecule is C=CCN1CCC2=C=CC(=CC2C)c2nncc(-c3ccccc3)c2C1=O. The number of aromatic nitrogens is 2. The van der Waals surface area contributed by atoms with Crippen molar-refractivity contribution in [1.82, 2.24) is 15.1 Å². The van der Waals surface area contributed by atoms with Gasteiger partial charge in [0.05, 0.1) is 11.8 Å². The van der Waals surface area contributed by atoms with Gasteiger partial charge in [0.15, 0.2) is 0 Å². The van der Waals surface area contributed by atoms with Crippen molar-refractivity contribution in [3.05, 3.63) is 83.9 Å². The molecule has 1 unspecified atom stereocenters. The topological polar surface area (TPSA) is 46.1 Å². The average molecular weight is 355 g/mol. The Bertz CT molecular complexity index is 998. The molecular weight excluding hydrogens is 334 g/mol. The molecule has 1 aromatic carbocycles. The van der Waals surface area contributed by atoms with Crippen LogP contribution < -0.4 is 0 Å². The Kier molecular flexibility index (Phi) is 4.57. The number of hydrogen-bond acceptors (Lipinski definition) is 3. The molecule has 1 amide bonds. The van der Waals surface area contributed by atoms with E-state index in [2.05, 4.69) is 35.5 Å². The van der Waals surface area contributed by atoms with E-state index in [1.54, 1.807) is 12.3 Å². The Morgan fingerprint density at radius 1 is 1.33 bits per heavy atom. The molecule has 0 saturated heterocycles. The second-order valence-electron chi connectivity index (χ2n) is 6.86. The minimum Gasteiger partial charge on any atom is -0.335 e. The van der Waals surface area contributed by atoms with E-state index in [0.717, 1.165) is 23.1 Å².